The zero-order chi connectivity index (χ0) is 10.0. The third-order valence-electron chi connectivity index (χ3n) is 1.70. The highest BCUT2D eigenvalue weighted by Crippen LogP contribution is 1.96. The minimum atomic E-state index is -0.709. The van der Waals surface area contributed by atoms with Crippen molar-refractivity contribution in [1.29, 1.82) is 0 Å². The number of hydrogen-bond acceptors (Lipinski definition) is 4. The second kappa shape index (κ2) is 3.53. The van der Waals surface area contributed by atoms with Crippen LogP contribution in [0.4, 0.5) is 0 Å². The third-order valence-corrected chi connectivity index (χ3v) is 1.70. The van der Waals surface area contributed by atoms with Crippen molar-refractivity contribution < 1.29 is 4.79 Å². The fraction of sp³-hybridized carbons (Fsp3) is 0.571. The Morgan fingerprint density at radius 1 is 1.62 bits per heavy atom. The molecule has 0 aromatic carbocycles. The number of rotatable bonds is 3. The lowest BCUT2D eigenvalue weighted by molar-refractivity contribution is -0.119. The average Bonchev–Trinajstić information content (AvgIpc) is 2.30. The fourth-order valence-corrected chi connectivity index (χ4v) is 1.01. The number of nitrogens with zero attached hydrogens (tertiary/aromatic N) is 3. The van der Waals surface area contributed by atoms with Crippen LogP contribution >= 0.6 is 0 Å². The van der Waals surface area contributed by atoms with Crippen LogP contribution in [-0.2, 0) is 11.3 Å². The molecule has 13 heavy (non-hydrogen) atoms. The zero-order valence-electron chi connectivity index (χ0n) is 7.69. The predicted molar refractivity (Wildman–Crippen MR) is 46.7 cm³/mol. The Kier molecular flexibility index (Phi) is 2.62. The number of hydrogen-bond donors (Lipinski definition) is 2. The normalized spacial score (nSPS) is 12.8. The summed E-state index contributed by atoms with van der Waals surface area (Å²) < 4.78 is 1.57. The molecule has 1 rings (SSSR count). The van der Waals surface area contributed by atoms with E-state index in [0.717, 1.165) is 5.82 Å². The first kappa shape index (κ1) is 9.66. The quantitative estimate of drug-likeness (QED) is 0.608. The lowest BCUT2D eigenvalue weighted by Gasteiger charge is -2.07. The van der Waals surface area contributed by atoms with Crippen LogP contribution in [0.25, 0.3) is 0 Å². The summed E-state index contributed by atoms with van der Waals surface area (Å²) in [5.41, 5.74) is 10.5. The summed E-state index contributed by atoms with van der Waals surface area (Å²) in [6, 6.07) is -0.709. The van der Waals surface area contributed by atoms with Crippen molar-refractivity contribution in [3.05, 3.63) is 11.6 Å². The van der Waals surface area contributed by atoms with Crippen molar-refractivity contribution in [2.75, 3.05) is 0 Å². The molecule has 6 heteroatoms. The van der Waals surface area contributed by atoms with Crippen molar-refractivity contribution in [3.8, 4) is 0 Å². The van der Waals surface area contributed by atoms with Gasteiger partial charge in [-0.3, -0.25) is 4.79 Å². The number of aromatic nitrogens is 3. The average molecular weight is 183 g/mol. The first-order chi connectivity index (χ1) is 6.00. The molecule has 72 valence electrons. The molecule has 0 radical (unpaired) electrons. The maximum atomic E-state index is 10.7. The molecule has 1 unspecified atom stereocenters. The summed E-state index contributed by atoms with van der Waals surface area (Å²) in [4.78, 5) is 14.7. The molecular weight excluding hydrogens is 170 g/mol. The molecule has 0 saturated heterocycles. The zero-order valence-corrected chi connectivity index (χ0v) is 7.69. The van der Waals surface area contributed by atoms with Gasteiger partial charge < -0.3 is 11.5 Å². The van der Waals surface area contributed by atoms with E-state index in [2.05, 4.69) is 10.1 Å². The van der Waals surface area contributed by atoms with Crippen LogP contribution in [-0.4, -0.2) is 26.7 Å². The van der Waals surface area contributed by atoms with Gasteiger partial charge in [0.05, 0.1) is 6.54 Å². The van der Waals surface area contributed by atoms with Crippen LogP contribution in [0.2, 0.25) is 0 Å². The van der Waals surface area contributed by atoms with E-state index in [-0.39, 0.29) is 6.54 Å². The SMILES string of the molecule is Cc1nc(C)n(CC(N)C(N)=O)n1. The molecule has 0 aliphatic carbocycles. The summed E-state index contributed by atoms with van der Waals surface area (Å²) in [6.07, 6.45) is 0. The van der Waals surface area contributed by atoms with E-state index >= 15 is 0 Å². The van der Waals surface area contributed by atoms with Gasteiger partial charge in [0.15, 0.2) is 0 Å². The largest absolute Gasteiger partial charge is 0.368 e. The van der Waals surface area contributed by atoms with Gasteiger partial charge in [-0.1, -0.05) is 0 Å². The molecule has 1 aromatic heterocycles. The van der Waals surface area contributed by atoms with Crippen LogP contribution in [0.15, 0.2) is 0 Å². The first-order valence-electron chi connectivity index (χ1n) is 3.93. The Bertz CT molecular complexity index is 319. The van der Waals surface area contributed by atoms with Gasteiger partial charge >= 0.3 is 0 Å². The molecule has 6 nitrogen and oxygen atoms in total. The minimum Gasteiger partial charge on any atom is -0.368 e. The summed E-state index contributed by atoms with van der Waals surface area (Å²) in [5, 5.41) is 4.05. The Balaban J connectivity index is 2.74. The van der Waals surface area contributed by atoms with Crippen molar-refractivity contribution in [3.63, 3.8) is 0 Å². The van der Waals surface area contributed by atoms with E-state index in [1.54, 1.807) is 18.5 Å². The second-order valence-electron chi connectivity index (χ2n) is 2.90. The Morgan fingerprint density at radius 3 is 2.62 bits per heavy atom. The monoisotopic (exact) mass is 183 g/mol. The molecule has 1 aromatic rings. The van der Waals surface area contributed by atoms with Crippen molar-refractivity contribution in [1.82, 2.24) is 14.8 Å². The van der Waals surface area contributed by atoms with Gasteiger partial charge in [0.25, 0.3) is 0 Å². The fourth-order valence-electron chi connectivity index (χ4n) is 1.01. The van der Waals surface area contributed by atoms with Gasteiger partial charge in [-0.25, -0.2) is 9.67 Å². The van der Waals surface area contributed by atoms with Crippen molar-refractivity contribution in [2.45, 2.75) is 26.4 Å². The number of carbonyl (C=O) groups excluding carboxylic acids is 1. The highest BCUT2D eigenvalue weighted by atomic mass is 16.1. The highest BCUT2D eigenvalue weighted by Gasteiger charge is 2.12. The Hall–Kier alpha value is -1.43. The molecule has 1 atom stereocenters. The van der Waals surface area contributed by atoms with Crippen molar-refractivity contribution >= 4 is 5.91 Å². The second-order valence-corrected chi connectivity index (χ2v) is 2.90. The van der Waals surface area contributed by atoms with Gasteiger partial charge in [-0.15, -0.1) is 0 Å². The number of aryl methyl sites for hydroxylation is 2. The molecule has 0 bridgehead atoms. The molecule has 1 heterocycles. The van der Waals surface area contributed by atoms with Crippen LogP contribution in [0.5, 0.6) is 0 Å². The molecular formula is C7H13N5O. The van der Waals surface area contributed by atoms with Gasteiger partial charge in [0.1, 0.15) is 17.7 Å². The summed E-state index contributed by atoms with van der Waals surface area (Å²) in [6.45, 7) is 3.86. The van der Waals surface area contributed by atoms with Crippen LogP contribution in [0.3, 0.4) is 0 Å². The highest BCUT2D eigenvalue weighted by molar-refractivity contribution is 5.79. The number of amides is 1. The Labute approximate surface area is 75.9 Å². The van der Waals surface area contributed by atoms with Crippen LogP contribution in [0.1, 0.15) is 11.6 Å². The molecule has 0 aliphatic heterocycles. The maximum absolute atomic E-state index is 10.7. The minimum absolute atomic E-state index is 0.280. The van der Waals surface area contributed by atoms with Gasteiger partial charge in [0.2, 0.25) is 5.91 Å². The summed E-state index contributed by atoms with van der Waals surface area (Å²) >= 11 is 0. The molecule has 0 fully saturated rings. The topological polar surface area (TPSA) is 99.8 Å². The van der Waals surface area contributed by atoms with E-state index < -0.39 is 11.9 Å². The molecule has 0 saturated carbocycles. The molecule has 4 N–H and O–H groups in total. The third kappa shape index (κ3) is 2.25. The molecule has 0 spiro atoms. The van der Waals surface area contributed by atoms with Crippen LogP contribution < -0.4 is 11.5 Å². The standard InChI is InChI=1S/C7H13N5O/c1-4-10-5(2)12(11-4)3-6(8)7(9)13/h6H,3,8H2,1-2H3,(H2,9,13). The number of carbonyl (C=O) groups is 1. The summed E-state index contributed by atoms with van der Waals surface area (Å²) in [7, 11) is 0. The number of primary amides is 1. The van der Waals surface area contributed by atoms with E-state index in [1.807, 2.05) is 0 Å². The molecule has 0 aliphatic rings. The van der Waals surface area contributed by atoms with Crippen LogP contribution in [0, 0.1) is 13.8 Å². The first-order valence-corrected chi connectivity index (χ1v) is 3.93. The number of nitrogens with two attached hydrogens (primary N) is 2. The van der Waals surface area contributed by atoms with Gasteiger partial charge in [-0.2, -0.15) is 5.10 Å². The lowest BCUT2D eigenvalue weighted by atomic mass is 10.3. The predicted octanol–water partition coefficient (Wildman–Crippen LogP) is -1.29. The van der Waals surface area contributed by atoms with Gasteiger partial charge in [-0.05, 0) is 13.8 Å². The molecule has 1 amide bonds. The van der Waals surface area contributed by atoms with E-state index in [9.17, 15) is 4.79 Å². The van der Waals surface area contributed by atoms with Crippen molar-refractivity contribution in [2.24, 2.45) is 11.5 Å². The van der Waals surface area contributed by atoms with E-state index in [1.165, 1.54) is 0 Å². The van der Waals surface area contributed by atoms with E-state index in [0.29, 0.717) is 5.82 Å². The van der Waals surface area contributed by atoms with E-state index in [4.69, 9.17) is 11.5 Å². The summed E-state index contributed by atoms with van der Waals surface area (Å²) in [5.74, 6) is 0.857. The maximum Gasteiger partial charge on any atom is 0.236 e. The Morgan fingerprint density at radius 2 is 2.23 bits per heavy atom. The van der Waals surface area contributed by atoms with Gasteiger partial charge in [0, 0.05) is 0 Å². The lowest BCUT2D eigenvalue weighted by Crippen LogP contribution is -2.40. The smallest absolute Gasteiger partial charge is 0.236 e.